The Morgan fingerprint density at radius 1 is 0.493 bits per heavy atom. The number of hydrogen-bond donors (Lipinski definition) is 0. The molecular formula is C59H34F8N4. The summed E-state index contributed by atoms with van der Waals surface area (Å²) >= 11 is 0. The van der Waals surface area contributed by atoms with Crippen molar-refractivity contribution in [2.24, 2.45) is 0 Å². The summed E-state index contributed by atoms with van der Waals surface area (Å²) in [6.45, 7) is 0. The van der Waals surface area contributed by atoms with Gasteiger partial charge in [-0.05, 0) is 83.3 Å². The standard InChI is InChI=1S/C59H34F8N4/c60-52-51(53(61)55(63)56(64)54(52)62)43-31-50(71-46-22-10-8-18-40(46)42-30-36(24-26-48(42)71)38-20-12-28-69-58(38)34-15-5-2-6-16-34)44(59(65,66)67)32-49(43)70-45-21-9-7-17-39(45)41-29-35(23-25-47(41)70)37-19-11-27-68-57(37)33-13-3-1-4-14-33/h1-15,17-29,31-32H,16,30H2. The van der Waals surface area contributed by atoms with E-state index in [0.717, 1.165) is 45.0 Å². The van der Waals surface area contributed by atoms with Crippen molar-refractivity contribution in [3.8, 4) is 44.9 Å². The van der Waals surface area contributed by atoms with Crippen LogP contribution in [0.4, 0.5) is 35.1 Å². The molecule has 71 heavy (non-hydrogen) atoms. The first-order valence-electron chi connectivity index (χ1n) is 22.6. The monoisotopic (exact) mass is 950 g/mol. The molecule has 4 nitrogen and oxygen atoms in total. The van der Waals surface area contributed by atoms with Crippen molar-refractivity contribution >= 4 is 49.9 Å². The van der Waals surface area contributed by atoms with Crippen LogP contribution in [0.5, 0.6) is 0 Å². The quantitative estimate of drug-likeness (QED) is 0.0979. The number of hydrogen-bond acceptors (Lipinski definition) is 2. The van der Waals surface area contributed by atoms with E-state index in [2.05, 4.69) is 4.98 Å². The number of rotatable bonds is 5. The number of fused-ring (bicyclic) bond motifs is 6. The number of aromatic nitrogens is 4. The van der Waals surface area contributed by atoms with Crippen LogP contribution in [0.2, 0.25) is 0 Å². The van der Waals surface area contributed by atoms with Crippen molar-refractivity contribution in [1.29, 1.82) is 0 Å². The molecule has 0 aliphatic heterocycles. The zero-order valence-corrected chi connectivity index (χ0v) is 37.0. The van der Waals surface area contributed by atoms with Crippen LogP contribution in [0.25, 0.3) is 94.8 Å². The van der Waals surface area contributed by atoms with Crippen LogP contribution in [0.3, 0.4) is 0 Å². The van der Waals surface area contributed by atoms with Crippen LogP contribution in [0.1, 0.15) is 23.2 Å². The Labute approximate surface area is 399 Å². The van der Waals surface area contributed by atoms with Crippen molar-refractivity contribution in [2.75, 3.05) is 0 Å². The maximum atomic E-state index is 16.5. The molecule has 346 valence electrons. The summed E-state index contributed by atoms with van der Waals surface area (Å²) in [4.78, 5) is 9.37. The predicted octanol–water partition coefficient (Wildman–Crippen LogP) is 14.3. The second-order valence-corrected chi connectivity index (χ2v) is 17.3. The van der Waals surface area contributed by atoms with Gasteiger partial charge in [-0.25, -0.2) is 22.0 Å². The highest BCUT2D eigenvalue weighted by Crippen LogP contribution is 2.47. The van der Waals surface area contributed by atoms with E-state index in [1.165, 1.54) is 9.13 Å². The van der Waals surface area contributed by atoms with Gasteiger partial charge in [-0.15, -0.1) is 0 Å². The Hall–Kier alpha value is -8.64. The van der Waals surface area contributed by atoms with E-state index in [4.69, 9.17) is 4.98 Å². The lowest BCUT2D eigenvalue weighted by molar-refractivity contribution is -0.137. The maximum Gasteiger partial charge on any atom is 0.418 e. The molecule has 2 aliphatic carbocycles. The van der Waals surface area contributed by atoms with Crippen molar-refractivity contribution in [3.05, 3.63) is 233 Å². The Balaban J connectivity index is 1.15. The highest BCUT2D eigenvalue weighted by Gasteiger charge is 2.39. The highest BCUT2D eigenvalue weighted by molar-refractivity contribution is 6.11. The number of benzene rings is 6. The molecule has 6 aromatic carbocycles. The van der Waals surface area contributed by atoms with Crippen molar-refractivity contribution in [1.82, 2.24) is 19.1 Å². The molecule has 2 aliphatic rings. The fraction of sp³-hybridized carbons (Fsp3) is 0.0508. The highest BCUT2D eigenvalue weighted by atomic mass is 19.4. The van der Waals surface area contributed by atoms with E-state index < -0.39 is 63.3 Å². The number of halogens is 8. The molecule has 0 bridgehead atoms. The number of alkyl halides is 3. The van der Waals surface area contributed by atoms with Crippen molar-refractivity contribution in [3.63, 3.8) is 0 Å². The van der Waals surface area contributed by atoms with E-state index in [9.17, 15) is 4.39 Å². The third kappa shape index (κ3) is 7.03. The molecule has 0 spiro atoms. The van der Waals surface area contributed by atoms with Gasteiger partial charge in [0, 0.05) is 56.9 Å². The number of nitrogens with zero attached hydrogens (tertiary/aromatic N) is 4. The Bertz CT molecular complexity index is 4070. The second-order valence-electron chi connectivity index (χ2n) is 17.3. The second kappa shape index (κ2) is 16.8. The molecule has 0 saturated carbocycles. The number of allylic oxidation sites excluding steroid dienone is 5. The van der Waals surface area contributed by atoms with Gasteiger partial charge in [0.05, 0.1) is 55.8 Å². The smallest absolute Gasteiger partial charge is 0.309 e. The molecule has 0 unspecified atom stereocenters. The lowest BCUT2D eigenvalue weighted by Crippen LogP contribution is -2.32. The zero-order chi connectivity index (χ0) is 48.7. The molecule has 0 atom stereocenters. The minimum absolute atomic E-state index is 0.268. The molecule has 4 aromatic heterocycles. The molecule has 0 N–H and O–H groups in total. The molecular weight excluding hydrogens is 917 g/mol. The first-order valence-corrected chi connectivity index (χ1v) is 22.6. The molecule has 12 rings (SSSR count). The van der Waals surface area contributed by atoms with Gasteiger partial charge in [-0.2, -0.15) is 13.2 Å². The number of pyridine rings is 2. The lowest BCUT2D eigenvalue weighted by atomic mass is 9.94. The van der Waals surface area contributed by atoms with Crippen molar-refractivity contribution < 1.29 is 35.1 Å². The van der Waals surface area contributed by atoms with Crippen molar-refractivity contribution in [2.45, 2.75) is 19.0 Å². The van der Waals surface area contributed by atoms with Crippen LogP contribution >= 0.6 is 0 Å². The van der Waals surface area contributed by atoms with Gasteiger partial charge in [-0.3, -0.25) is 9.97 Å². The van der Waals surface area contributed by atoms with E-state index in [0.29, 0.717) is 61.6 Å². The average Bonchev–Trinajstić information content (AvgIpc) is 3.92. The van der Waals surface area contributed by atoms with Crippen LogP contribution in [-0.4, -0.2) is 19.1 Å². The first kappa shape index (κ1) is 43.6. The molecule has 10 aromatic rings. The minimum atomic E-state index is -5.13. The average molecular weight is 951 g/mol. The van der Waals surface area contributed by atoms with Gasteiger partial charge in [0.15, 0.2) is 23.3 Å². The summed E-state index contributed by atoms with van der Waals surface area (Å²) in [6.07, 6.45) is 10.6. The molecule has 0 saturated heterocycles. The normalized spacial score (nSPS) is 15.1. The Morgan fingerprint density at radius 2 is 1.17 bits per heavy atom. The van der Waals surface area contributed by atoms with E-state index in [1.54, 1.807) is 85.2 Å². The van der Waals surface area contributed by atoms with Crippen LogP contribution in [0.15, 0.2) is 176 Å². The Morgan fingerprint density at radius 3 is 1.92 bits per heavy atom. The fourth-order valence-electron chi connectivity index (χ4n) is 10.2. The maximum absolute atomic E-state index is 16.5. The number of para-hydroxylation sites is 2. The third-order valence-electron chi connectivity index (χ3n) is 13.4. The van der Waals surface area contributed by atoms with Gasteiger partial charge in [0.1, 0.15) is 0 Å². The topological polar surface area (TPSA) is 35.6 Å². The summed E-state index contributed by atoms with van der Waals surface area (Å²) in [5.41, 5.74) is 2.40. The summed E-state index contributed by atoms with van der Waals surface area (Å²) < 4.78 is 130. The van der Waals surface area contributed by atoms with Crippen LogP contribution in [-0.2, 0) is 12.6 Å². The van der Waals surface area contributed by atoms with E-state index >= 15 is 30.7 Å². The van der Waals surface area contributed by atoms with E-state index in [-0.39, 0.29) is 6.42 Å². The Kier molecular flexibility index (Phi) is 10.3. The first-order chi connectivity index (χ1) is 34.5. The van der Waals surface area contributed by atoms with E-state index in [1.807, 2.05) is 85.0 Å². The zero-order valence-electron chi connectivity index (χ0n) is 37.0. The van der Waals surface area contributed by atoms with Gasteiger partial charge in [0.2, 0.25) is 5.82 Å². The predicted molar refractivity (Wildman–Crippen MR) is 262 cm³/mol. The minimum Gasteiger partial charge on any atom is -0.309 e. The van der Waals surface area contributed by atoms with Crippen LogP contribution in [0, 0.1) is 29.1 Å². The SMILES string of the molecule is Fc1c(F)c(F)c(-c2cc(-n3c4c(c5ccccc53)CC(=c3cccnc3=C3C=CC=CC3)C=C4)c(C(F)(F)F)cc2-n2c3ccccc3c3cc(-c4cccnc4-c4ccccc4)ccc32)c(F)c1F. The molecule has 0 amide bonds. The summed E-state index contributed by atoms with van der Waals surface area (Å²) in [6, 6.07) is 37.4. The fourth-order valence-corrected chi connectivity index (χ4v) is 10.2. The lowest BCUT2D eigenvalue weighted by Gasteiger charge is -2.23. The largest absolute Gasteiger partial charge is 0.418 e. The van der Waals surface area contributed by atoms with Gasteiger partial charge < -0.3 is 9.13 Å². The van der Waals surface area contributed by atoms with Gasteiger partial charge >= 0.3 is 6.18 Å². The summed E-state index contributed by atoms with van der Waals surface area (Å²) in [7, 11) is 0. The molecule has 0 radical (unpaired) electrons. The van der Waals surface area contributed by atoms with Gasteiger partial charge in [-0.1, -0.05) is 115 Å². The third-order valence-corrected chi connectivity index (χ3v) is 13.4. The molecule has 0 fully saturated rings. The molecule has 4 heterocycles. The summed E-state index contributed by atoms with van der Waals surface area (Å²) in [5, 5.41) is 3.28. The summed E-state index contributed by atoms with van der Waals surface area (Å²) in [5.74, 6) is -11.3. The molecule has 12 heteroatoms. The van der Waals surface area contributed by atoms with Gasteiger partial charge in [0.25, 0.3) is 0 Å². The van der Waals surface area contributed by atoms with Crippen LogP contribution < -0.4 is 10.6 Å².